The first-order valence-electron chi connectivity index (χ1n) is 8.52. The highest BCUT2D eigenvalue weighted by atomic mass is 16.2. The van der Waals surface area contributed by atoms with Gasteiger partial charge in [-0.05, 0) is 25.0 Å². The van der Waals surface area contributed by atoms with Gasteiger partial charge in [-0.3, -0.25) is 9.59 Å². The summed E-state index contributed by atoms with van der Waals surface area (Å²) < 4.78 is 1.74. The normalized spacial score (nSPS) is 17.8. The first-order chi connectivity index (χ1) is 12.1. The summed E-state index contributed by atoms with van der Waals surface area (Å²) in [6.45, 7) is 1.12. The van der Waals surface area contributed by atoms with Crippen LogP contribution in [0.1, 0.15) is 33.9 Å². The minimum Gasteiger partial charge on any atom is -0.351 e. The molecule has 3 heterocycles. The quantitative estimate of drug-likeness (QED) is 0.748. The van der Waals surface area contributed by atoms with Gasteiger partial charge in [-0.1, -0.05) is 18.2 Å². The summed E-state index contributed by atoms with van der Waals surface area (Å²) in [6, 6.07) is 9.70. The van der Waals surface area contributed by atoms with Crippen LogP contribution in [-0.2, 0) is 7.05 Å². The van der Waals surface area contributed by atoms with E-state index in [2.05, 4.69) is 9.97 Å². The van der Waals surface area contributed by atoms with Gasteiger partial charge in [-0.2, -0.15) is 0 Å². The van der Waals surface area contributed by atoms with E-state index < -0.39 is 0 Å². The topological polar surface area (TPSA) is 71.0 Å². The van der Waals surface area contributed by atoms with Crippen LogP contribution in [0.2, 0.25) is 0 Å². The van der Waals surface area contributed by atoms with Crippen LogP contribution in [0.15, 0.2) is 42.7 Å². The van der Waals surface area contributed by atoms with Crippen LogP contribution in [0.4, 0.5) is 0 Å². The average molecular weight is 336 g/mol. The highest BCUT2D eigenvalue weighted by molar-refractivity contribution is 5.99. The maximum Gasteiger partial charge on any atom is 0.270 e. The molecule has 1 aliphatic rings. The second-order valence-corrected chi connectivity index (χ2v) is 6.59. The lowest BCUT2D eigenvalue weighted by Gasteiger charge is -2.31. The van der Waals surface area contributed by atoms with Gasteiger partial charge in [0.1, 0.15) is 5.69 Å². The largest absolute Gasteiger partial charge is 0.351 e. The summed E-state index contributed by atoms with van der Waals surface area (Å²) in [7, 11) is 1.82. The Labute approximate surface area is 145 Å². The molecule has 6 heteroatoms. The molecule has 1 N–H and O–H groups in total. The number of likely N-dealkylation sites (tertiary alicyclic amines) is 1. The zero-order chi connectivity index (χ0) is 17.4. The molecule has 4 rings (SSSR count). The Morgan fingerprint density at radius 2 is 2.12 bits per heavy atom. The molecule has 1 aliphatic heterocycles. The Balaban J connectivity index is 1.53. The molecule has 6 nitrogen and oxygen atoms in total. The van der Waals surface area contributed by atoms with Gasteiger partial charge in [0, 0.05) is 49.4 Å². The molecule has 0 saturated carbocycles. The van der Waals surface area contributed by atoms with E-state index in [1.165, 1.54) is 0 Å². The van der Waals surface area contributed by atoms with Gasteiger partial charge < -0.3 is 14.5 Å². The van der Waals surface area contributed by atoms with E-state index in [0.29, 0.717) is 24.6 Å². The molecule has 1 aromatic carbocycles. The number of hydrogen-bond acceptors (Lipinski definition) is 3. The Morgan fingerprint density at radius 1 is 1.28 bits per heavy atom. The summed E-state index contributed by atoms with van der Waals surface area (Å²) in [5.74, 6) is 0.239. The monoisotopic (exact) mass is 336 g/mol. The highest BCUT2D eigenvalue weighted by Gasteiger charge is 2.31. The van der Waals surface area contributed by atoms with Crippen molar-refractivity contribution in [2.75, 3.05) is 13.1 Å². The number of fused-ring (bicyclic) bond motifs is 1. The fourth-order valence-electron chi connectivity index (χ4n) is 3.52. The van der Waals surface area contributed by atoms with Gasteiger partial charge in [0.05, 0.1) is 0 Å². The zero-order valence-electron chi connectivity index (χ0n) is 14.1. The molecule has 128 valence electrons. The van der Waals surface area contributed by atoms with Crippen molar-refractivity contribution in [1.29, 1.82) is 0 Å². The molecule has 1 fully saturated rings. The third kappa shape index (κ3) is 2.84. The van der Waals surface area contributed by atoms with Gasteiger partial charge in [-0.25, -0.2) is 4.98 Å². The molecule has 0 radical (unpaired) electrons. The summed E-state index contributed by atoms with van der Waals surface area (Å²) in [5.41, 5.74) is 1.52. The maximum absolute atomic E-state index is 12.9. The molecule has 0 bridgehead atoms. The number of piperidine rings is 1. The number of rotatable bonds is 3. The SMILES string of the molecule is Cn1ccnc1C(=O)C1CCCN(C(=O)c2cc3ccccc3[nH]2)C1. The average Bonchev–Trinajstić information content (AvgIpc) is 3.26. The number of nitrogens with zero attached hydrogens (tertiary/aromatic N) is 3. The summed E-state index contributed by atoms with van der Waals surface area (Å²) in [5, 5.41) is 1.02. The van der Waals surface area contributed by atoms with Crippen LogP contribution in [0, 0.1) is 5.92 Å². The van der Waals surface area contributed by atoms with Crippen LogP contribution in [0.5, 0.6) is 0 Å². The van der Waals surface area contributed by atoms with Gasteiger partial charge in [0.25, 0.3) is 5.91 Å². The van der Waals surface area contributed by atoms with E-state index in [1.54, 1.807) is 21.9 Å². The van der Waals surface area contributed by atoms with Crippen LogP contribution >= 0.6 is 0 Å². The molecule has 0 aliphatic carbocycles. The lowest BCUT2D eigenvalue weighted by Crippen LogP contribution is -2.42. The highest BCUT2D eigenvalue weighted by Crippen LogP contribution is 2.23. The lowest BCUT2D eigenvalue weighted by molar-refractivity contribution is 0.0629. The number of Topliss-reactive ketones (excluding diaryl/α,β-unsaturated/α-hetero) is 1. The number of imidazole rings is 1. The number of carbonyl (C=O) groups is 2. The minimum atomic E-state index is -0.192. The molecule has 2 aromatic heterocycles. The predicted molar refractivity (Wildman–Crippen MR) is 94.5 cm³/mol. The molecule has 0 spiro atoms. The van der Waals surface area contributed by atoms with E-state index in [4.69, 9.17) is 0 Å². The van der Waals surface area contributed by atoms with E-state index in [9.17, 15) is 9.59 Å². The Bertz CT molecular complexity index is 907. The van der Waals surface area contributed by atoms with Gasteiger partial charge >= 0.3 is 0 Å². The Morgan fingerprint density at radius 3 is 2.88 bits per heavy atom. The summed E-state index contributed by atoms with van der Waals surface area (Å²) in [4.78, 5) is 34.7. The smallest absolute Gasteiger partial charge is 0.270 e. The van der Waals surface area contributed by atoms with Crippen molar-refractivity contribution >= 4 is 22.6 Å². The maximum atomic E-state index is 12.9. The molecule has 1 atom stereocenters. The van der Waals surface area contributed by atoms with E-state index >= 15 is 0 Å². The van der Waals surface area contributed by atoms with Crippen molar-refractivity contribution in [2.45, 2.75) is 12.8 Å². The number of ketones is 1. The summed E-state index contributed by atoms with van der Waals surface area (Å²) in [6.07, 6.45) is 5.02. The number of nitrogens with one attached hydrogen (secondary N) is 1. The van der Waals surface area contributed by atoms with Crippen molar-refractivity contribution in [3.8, 4) is 0 Å². The number of aromatic amines is 1. The molecule has 1 saturated heterocycles. The number of H-pyrrole nitrogens is 1. The van der Waals surface area contributed by atoms with Crippen molar-refractivity contribution in [3.63, 3.8) is 0 Å². The first-order valence-corrected chi connectivity index (χ1v) is 8.52. The first kappa shape index (κ1) is 15.6. The molecule has 1 unspecified atom stereocenters. The number of carbonyl (C=O) groups excluding carboxylic acids is 2. The molecular weight excluding hydrogens is 316 g/mol. The van der Waals surface area contributed by atoms with Gasteiger partial charge in [-0.15, -0.1) is 0 Å². The Kier molecular flexibility index (Phi) is 3.87. The standard InChI is InChI=1S/C19H20N4O2/c1-22-10-8-20-18(22)17(24)14-6-4-9-23(12-14)19(25)16-11-13-5-2-3-7-15(13)21-16/h2-3,5,7-8,10-11,14,21H,4,6,9,12H2,1H3. The number of hydrogen-bond donors (Lipinski definition) is 1. The second kappa shape index (κ2) is 6.20. The Hall–Kier alpha value is -2.89. The van der Waals surface area contributed by atoms with E-state index in [0.717, 1.165) is 23.7 Å². The van der Waals surface area contributed by atoms with Gasteiger partial charge in [0.2, 0.25) is 5.78 Å². The van der Waals surface area contributed by atoms with Crippen molar-refractivity contribution in [1.82, 2.24) is 19.4 Å². The number of amides is 1. The third-order valence-electron chi connectivity index (χ3n) is 4.88. The molecule has 1 amide bonds. The van der Waals surface area contributed by atoms with E-state index in [-0.39, 0.29) is 17.6 Å². The van der Waals surface area contributed by atoms with Crippen molar-refractivity contribution in [3.05, 3.63) is 54.2 Å². The van der Waals surface area contributed by atoms with Crippen LogP contribution in [0.3, 0.4) is 0 Å². The predicted octanol–water partition coefficient (Wildman–Crippen LogP) is 2.64. The van der Waals surface area contributed by atoms with Crippen LogP contribution < -0.4 is 0 Å². The third-order valence-corrected chi connectivity index (χ3v) is 4.88. The second-order valence-electron chi connectivity index (χ2n) is 6.59. The van der Waals surface area contributed by atoms with Crippen molar-refractivity contribution < 1.29 is 9.59 Å². The fourth-order valence-corrected chi connectivity index (χ4v) is 3.52. The lowest BCUT2D eigenvalue weighted by atomic mass is 9.93. The number of aromatic nitrogens is 3. The van der Waals surface area contributed by atoms with Crippen molar-refractivity contribution in [2.24, 2.45) is 13.0 Å². The van der Waals surface area contributed by atoms with Crippen LogP contribution in [-0.4, -0.2) is 44.2 Å². The fraction of sp³-hybridized carbons (Fsp3) is 0.316. The summed E-state index contributed by atoms with van der Waals surface area (Å²) >= 11 is 0. The van der Waals surface area contributed by atoms with Crippen LogP contribution in [0.25, 0.3) is 10.9 Å². The molecule has 25 heavy (non-hydrogen) atoms. The van der Waals surface area contributed by atoms with E-state index in [1.807, 2.05) is 37.4 Å². The zero-order valence-corrected chi connectivity index (χ0v) is 14.1. The number of benzene rings is 1. The van der Waals surface area contributed by atoms with Gasteiger partial charge in [0.15, 0.2) is 5.82 Å². The molecular formula is C19H20N4O2. The minimum absolute atomic E-state index is 0.0154. The number of para-hydroxylation sites is 1. The molecule has 3 aromatic rings. The number of aryl methyl sites for hydroxylation is 1.